The molecule has 0 heterocycles. The third-order valence-electron chi connectivity index (χ3n) is 3.32. The first-order chi connectivity index (χ1) is 8.25. The predicted molar refractivity (Wildman–Crippen MR) is 77.2 cm³/mol. The molecule has 17 heavy (non-hydrogen) atoms. The minimum absolute atomic E-state index is 1.03. The second-order valence-electron chi connectivity index (χ2n) is 4.46. The van der Waals surface area contributed by atoms with Gasteiger partial charge in [0.15, 0.2) is 0 Å². The lowest BCUT2D eigenvalue weighted by atomic mass is 9.94. The van der Waals surface area contributed by atoms with Crippen LogP contribution in [0, 0.1) is 6.92 Å². The number of fused-ring (bicyclic) bond motifs is 1. The maximum atomic E-state index is 3.62. The summed E-state index contributed by atoms with van der Waals surface area (Å²) in [6.45, 7) is 2.19. The summed E-state index contributed by atoms with van der Waals surface area (Å²) in [4.78, 5) is 0. The molecular formula is C16H13Br. The molecule has 0 atom stereocenters. The average Bonchev–Trinajstić information content (AvgIpc) is 2.73. The van der Waals surface area contributed by atoms with Crippen LogP contribution >= 0.6 is 15.9 Å². The number of allylic oxidation sites excluding steroid dienone is 1. The summed E-state index contributed by atoms with van der Waals surface area (Å²) in [5.41, 5.74) is 6.84. The lowest BCUT2D eigenvalue weighted by molar-refractivity contribution is 1.23. The minimum atomic E-state index is 1.03. The molecule has 1 heteroatoms. The van der Waals surface area contributed by atoms with Gasteiger partial charge in [-0.3, -0.25) is 0 Å². The molecule has 0 radical (unpaired) electrons. The van der Waals surface area contributed by atoms with Gasteiger partial charge in [-0.05, 0) is 40.8 Å². The van der Waals surface area contributed by atoms with Gasteiger partial charge >= 0.3 is 0 Å². The van der Waals surface area contributed by atoms with E-state index in [1.54, 1.807) is 0 Å². The van der Waals surface area contributed by atoms with Gasteiger partial charge in [-0.15, -0.1) is 0 Å². The van der Waals surface area contributed by atoms with E-state index in [2.05, 4.69) is 71.4 Å². The smallest absolute Gasteiger partial charge is 0.00496 e. The number of hydrogen-bond acceptors (Lipinski definition) is 0. The van der Waals surface area contributed by atoms with Crippen molar-refractivity contribution in [3.8, 4) is 11.1 Å². The molecule has 84 valence electrons. The van der Waals surface area contributed by atoms with Crippen LogP contribution in [-0.2, 0) is 6.42 Å². The summed E-state index contributed by atoms with van der Waals surface area (Å²) < 4.78 is 1.28. The molecule has 2 aromatic rings. The molecule has 0 unspecified atom stereocenters. The van der Waals surface area contributed by atoms with Crippen LogP contribution in [0.3, 0.4) is 0 Å². The van der Waals surface area contributed by atoms with Gasteiger partial charge in [0.2, 0.25) is 0 Å². The normalized spacial score (nSPS) is 13.4. The van der Waals surface area contributed by atoms with E-state index in [1.807, 2.05) is 0 Å². The van der Waals surface area contributed by atoms with Crippen LogP contribution in [0.4, 0.5) is 0 Å². The van der Waals surface area contributed by atoms with Crippen molar-refractivity contribution in [2.24, 2.45) is 0 Å². The number of aryl methyl sites for hydroxylation is 1. The number of hydrogen-bond donors (Lipinski definition) is 0. The summed E-state index contributed by atoms with van der Waals surface area (Å²) in [5.74, 6) is 0. The Labute approximate surface area is 110 Å². The van der Waals surface area contributed by atoms with Crippen LogP contribution in [0.15, 0.2) is 46.9 Å². The Hall–Kier alpha value is -1.34. The highest BCUT2D eigenvalue weighted by Crippen LogP contribution is 2.37. The first kappa shape index (κ1) is 10.8. The monoisotopic (exact) mass is 284 g/mol. The van der Waals surface area contributed by atoms with E-state index >= 15 is 0 Å². The Balaban J connectivity index is 2.23. The zero-order chi connectivity index (χ0) is 11.8. The van der Waals surface area contributed by atoms with Crippen LogP contribution < -0.4 is 0 Å². The van der Waals surface area contributed by atoms with Gasteiger partial charge in [-0.1, -0.05) is 58.4 Å². The SMILES string of the molecule is Cc1ccc(-c2ccccc2)c2c1CC(Br)=C2. The van der Waals surface area contributed by atoms with E-state index in [0.717, 1.165) is 6.42 Å². The molecule has 0 saturated heterocycles. The zero-order valence-electron chi connectivity index (χ0n) is 9.70. The molecule has 3 rings (SSSR count). The Kier molecular flexibility index (Phi) is 2.64. The Morgan fingerprint density at radius 3 is 2.53 bits per heavy atom. The molecule has 1 aliphatic carbocycles. The largest absolute Gasteiger partial charge is 0.0622 e. The maximum Gasteiger partial charge on any atom is 0.00496 e. The van der Waals surface area contributed by atoms with E-state index in [4.69, 9.17) is 0 Å². The van der Waals surface area contributed by atoms with Gasteiger partial charge in [-0.2, -0.15) is 0 Å². The molecule has 0 fully saturated rings. The summed E-state index contributed by atoms with van der Waals surface area (Å²) in [6.07, 6.45) is 3.28. The molecule has 0 bridgehead atoms. The highest BCUT2D eigenvalue weighted by molar-refractivity contribution is 9.11. The Morgan fingerprint density at radius 1 is 1.00 bits per heavy atom. The molecule has 0 spiro atoms. The molecular weight excluding hydrogens is 272 g/mol. The second-order valence-corrected chi connectivity index (χ2v) is 5.47. The van der Waals surface area contributed by atoms with Gasteiger partial charge in [0.25, 0.3) is 0 Å². The molecule has 0 N–H and O–H groups in total. The third-order valence-corrected chi connectivity index (χ3v) is 3.83. The predicted octanol–water partition coefficient (Wildman–Crippen LogP) is 4.95. The number of benzene rings is 2. The van der Waals surface area contributed by atoms with Gasteiger partial charge < -0.3 is 0 Å². The molecule has 0 nitrogen and oxygen atoms in total. The number of rotatable bonds is 1. The van der Waals surface area contributed by atoms with Crippen LogP contribution in [0.1, 0.15) is 16.7 Å². The fourth-order valence-electron chi connectivity index (χ4n) is 2.42. The standard InChI is InChI=1S/C16H13Br/c1-11-7-8-14(12-5-3-2-4-6-12)16-10-13(17)9-15(11)16/h2-8,10H,9H2,1H3. The van der Waals surface area contributed by atoms with Crippen molar-refractivity contribution in [1.29, 1.82) is 0 Å². The maximum absolute atomic E-state index is 3.62. The van der Waals surface area contributed by atoms with Crippen molar-refractivity contribution in [1.82, 2.24) is 0 Å². The average molecular weight is 285 g/mol. The summed E-state index contributed by atoms with van der Waals surface area (Å²) >= 11 is 3.62. The van der Waals surface area contributed by atoms with Gasteiger partial charge in [0, 0.05) is 10.9 Å². The fourth-order valence-corrected chi connectivity index (χ4v) is 2.93. The zero-order valence-corrected chi connectivity index (χ0v) is 11.3. The van der Waals surface area contributed by atoms with Crippen LogP contribution in [-0.4, -0.2) is 0 Å². The van der Waals surface area contributed by atoms with Crippen LogP contribution in [0.2, 0.25) is 0 Å². The summed E-state index contributed by atoms with van der Waals surface area (Å²) in [5, 5.41) is 0. The molecule has 0 saturated carbocycles. The quantitative estimate of drug-likeness (QED) is 0.695. The van der Waals surface area contributed by atoms with E-state index in [-0.39, 0.29) is 0 Å². The van der Waals surface area contributed by atoms with Gasteiger partial charge in [0.05, 0.1) is 0 Å². The van der Waals surface area contributed by atoms with Crippen LogP contribution in [0.5, 0.6) is 0 Å². The van der Waals surface area contributed by atoms with Crippen molar-refractivity contribution < 1.29 is 0 Å². The molecule has 1 aliphatic rings. The Bertz CT molecular complexity index is 594. The minimum Gasteiger partial charge on any atom is -0.0622 e. The van der Waals surface area contributed by atoms with Crippen LogP contribution in [0.25, 0.3) is 17.2 Å². The van der Waals surface area contributed by atoms with Gasteiger partial charge in [0.1, 0.15) is 0 Å². The molecule has 0 aromatic heterocycles. The second kappa shape index (κ2) is 4.15. The van der Waals surface area contributed by atoms with E-state index < -0.39 is 0 Å². The third kappa shape index (κ3) is 1.85. The van der Waals surface area contributed by atoms with Crippen molar-refractivity contribution in [3.63, 3.8) is 0 Å². The number of halogens is 1. The summed E-state index contributed by atoms with van der Waals surface area (Å²) in [6, 6.07) is 15.0. The molecule has 0 aliphatic heterocycles. The lowest BCUT2D eigenvalue weighted by Gasteiger charge is -2.10. The van der Waals surface area contributed by atoms with Crippen molar-refractivity contribution in [2.45, 2.75) is 13.3 Å². The first-order valence-electron chi connectivity index (χ1n) is 5.79. The molecule has 2 aromatic carbocycles. The lowest BCUT2D eigenvalue weighted by Crippen LogP contribution is -1.91. The fraction of sp³-hybridized carbons (Fsp3) is 0.125. The first-order valence-corrected chi connectivity index (χ1v) is 6.59. The van der Waals surface area contributed by atoms with E-state index in [9.17, 15) is 0 Å². The topological polar surface area (TPSA) is 0 Å². The van der Waals surface area contributed by atoms with Crippen molar-refractivity contribution in [3.05, 3.63) is 63.6 Å². The van der Waals surface area contributed by atoms with Crippen molar-refractivity contribution >= 4 is 22.0 Å². The highest BCUT2D eigenvalue weighted by atomic mass is 79.9. The van der Waals surface area contributed by atoms with Gasteiger partial charge in [-0.25, -0.2) is 0 Å². The van der Waals surface area contributed by atoms with E-state index in [1.165, 1.54) is 32.3 Å². The summed E-state index contributed by atoms with van der Waals surface area (Å²) in [7, 11) is 0. The van der Waals surface area contributed by atoms with E-state index in [0.29, 0.717) is 0 Å². The Morgan fingerprint density at radius 2 is 1.76 bits per heavy atom. The molecule has 0 amide bonds. The van der Waals surface area contributed by atoms with Crippen molar-refractivity contribution in [2.75, 3.05) is 0 Å². The highest BCUT2D eigenvalue weighted by Gasteiger charge is 2.17.